The molecule has 1 atom stereocenters. The third-order valence-electron chi connectivity index (χ3n) is 2.61. The van der Waals surface area contributed by atoms with Crippen LogP contribution in [0.15, 0.2) is 23.1 Å². The molecule has 0 bridgehead atoms. The molecule has 0 radical (unpaired) electrons. The highest BCUT2D eigenvalue weighted by Crippen LogP contribution is 2.25. The summed E-state index contributed by atoms with van der Waals surface area (Å²) in [5.41, 5.74) is 0. The van der Waals surface area contributed by atoms with Crippen molar-refractivity contribution in [2.24, 2.45) is 5.92 Å². The Morgan fingerprint density at radius 1 is 1.25 bits per heavy atom. The van der Waals surface area contributed by atoms with Crippen LogP contribution in [0, 0.1) is 5.92 Å². The molecule has 1 N–H and O–H groups in total. The van der Waals surface area contributed by atoms with Gasteiger partial charge in [-0.1, -0.05) is 37.0 Å². The number of carbonyl (C=O) groups excluding carboxylic acids is 1. The van der Waals surface area contributed by atoms with Crippen LogP contribution in [0.1, 0.15) is 13.8 Å². The van der Waals surface area contributed by atoms with E-state index in [1.807, 2.05) is 0 Å². The van der Waals surface area contributed by atoms with Gasteiger partial charge in [-0.15, -0.1) is 0 Å². The zero-order valence-electron chi connectivity index (χ0n) is 11.2. The second-order valence-corrected chi connectivity index (χ2v) is 6.97. The summed E-state index contributed by atoms with van der Waals surface area (Å²) in [5, 5.41) is 0.368. The first kappa shape index (κ1) is 17.2. The van der Waals surface area contributed by atoms with Gasteiger partial charge in [0.25, 0.3) is 0 Å². The molecule has 1 aromatic rings. The summed E-state index contributed by atoms with van der Waals surface area (Å²) in [5.74, 6) is -0.913. The van der Waals surface area contributed by atoms with Crippen molar-refractivity contribution < 1.29 is 17.9 Å². The molecule has 0 saturated carbocycles. The minimum Gasteiger partial charge on any atom is -0.468 e. The molecule has 0 saturated heterocycles. The van der Waals surface area contributed by atoms with E-state index in [9.17, 15) is 13.2 Å². The molecule has 0 aliphatic heterocycles. The lowest BCUT2D eigenvalue weighted by atomic mass is 10.1. The number of sulfonamides is 1. The predicted molar refractivity (Wildman–Crippen MR) is 77.4 cm³/mol. The lowest BCUT2D eigenvalue weighted by Gasteiger charge is -2.19. The van der Waals surface area contributed by atoms with Crippen LogP contribution in [0.25, 0.3) is 0 Å². The van der Waals surface area contributed by atoms with Crippen LogP contribution in [-0.4, -0.2) is 27.5 Å². The van der Waals surface area contributed by atoms with Gasteiger partial charge >= 0.3 is 5.97 Å². The van der Waals surface area contributed by atoms with Crippen LogP contribution < -0.4 is 4.72 Å². The Morgan fingerprint density at radius 2 is 1.85 bits per heavy atom. The minimum absolute atomic E-state index is 0.0681. The van der Waals surface area contributed by atoms with E-state index in [-0.39, 0.29) is 20.9 Å². The number of rotatable bonds is 5. The van der Waals surface area contributed by atoms with Gasteiger partial charge in [-0.25, -0.2) is 8.42 Å². The Balaban J connectivity index is 3.09. The number of ether oxygens (including phenoxy) is 1. The molecule has 0 amide bonds. The van der Waals surface area contributed by atoms with E-state index in [4.69, 9.17) is 23.2 Å². The highest BCUT2D eigenvalue weighted by Gasteiger charge is 2.29. The van der Waals surface area contributed by atoms with Crippen molar-refractivity contribution in [2.75, 3.05) is 7.11 Å². The Hall–Kier alpha value is -0.820. The molecule has 8 heteroatoms. The molecule has 0 fully saturated rings. The predicted octanol–water partition coefficient (Wildman–Crippen LogP) is 2.47. The maximum Gasteiger partial charge on any atom is 0.324 e. The topological polar surface area (TPSA) is 72.5 Å². The summed E-state index contributed by atoms with van der Waals surface area (Å²) in [4.78, 5) is 11.5. The van der Waals surface area contributed by atoms with Gasteiger partial charge in [0.05, 0.1) is 22.1 Å². The summed E-state index contributed by atoms with van der Waals surface area (Å²) in [7, 11) is -2.69. The van der Waals surface area contributed by atoms with E-state index in [0.717, 1.165) is 0 Å². The van der Waals surface area contributed by atoms with Gasteiger partial charge in [-0.3, -0.25) is 4.79 Å². The van der Waals surface area contributed by atoms with Gasteiger partial charge in [-0.05, 0) is 24.1 Å². The number of esters is 1. The second-order valence-electron chi connectivity index (χ2n) is 4.44. The fourth-order valence-electron chi connectivity index (χ4n) is 1.46. The summed E-state index contributed by atoms with van der Waals surface area (Å²) < 4.78 is 31.3. The molecule has 0 aliphatic rings. The van der Waals surface area contributed by atoms with E-state index >= 15 is 0 Å². The summed E-state index contributed by atoms with van der Waals surface area (Å²) in [6, 6.07) is 2.94. The van der Waals surface area contributed by atoms with E-state index in [1.165, 1.54) is 25.3 Å². The first-order chi connectivity index (χ1) is 9.19. The number of carbonyl (C=O) groups is 1. The molecule has 0 heterocycles. The first-order valence-electron chi connectivity index (χ1n) is 5.74. The number of benzene rings is 1. The minimum atomic E-state index is -3.89. The number of hydrogen-bond acceptors (Lipinski definition) is 4. The average molecular weight is 340 g/mol. The molecule has 0 aliphatic carbocycles. The van der Waals surface area contributed by atoms with Crippen molar-refractivity contribution in [3.8, 4) is 0 Å². The highest BCUT2D eigenvalue weighted by molar-refractivity contribution is 7.89. The smallest absolute Gasteiger partial charge is 0.324 e. The zero-order chi connectivity index (χ0) is 15.5. The van der Waals surface area contributed by atoms with Crippen molar-refractivity contribution in [1.82, 2.24) is 4.72 Å². The molecular formula is C12H15Cl2NO4S. The Bertz CT molecular complexity index is 601. The maximum absolute atomic E-state index is 12.2. The van der Waals surface area contributed by atoms with E-state index < -0.39 is 22.0 Å². The fourth-order valence-corrected chi connectivity index (χ4v) is 3.18. The summed E-state index contributed by atoms with van der Waals surface area (Å²) in [6.45, 7) is 3.41. The molecular weight excluding hydrogens is 325 g/mol. The van der Waals surface area contributed by atoms with Crippen molar-refractivity contribution in [1.29, 1.82) is 0 Å². The number of nitrogens with one attached hydrogen (secondary N) is 1. The Morgan fingerprint density at radius 3 is 2.30 bits per heavy atom. The number of halogens is 2. The SMILES string of the molecule is COC(=O)C(NS(=O)(=O)c1ccc(Cl)c(Cl)c1)C(C)C. The lowest BCUT2D eigenvalue weighted by molar-refractivity contribution is -0.143. The molecule has 1 rings (SSSR count). The monoisotopic (exact) mass is 339 g/mol. The van der Waals surface area contributed by atoms with Gasteiger partial charge in [0.1, 0.15) is 6.04 Å². The van der Waals surface area contributed by atoms with Crippen molar-refractivity contribution >= 4 is 39.2 Å². The van der Waals surface area contributed by atoms with Crippen LogP contribution in [0.5, 0.6) is 0 Å². The van der Waals surface area contributed by atoms with Gasteiger partial charge in [0, 0.05) is 0 Å². The van der Waals surface area contributed by atoms with Crippen LogP contribution in [0.3, 0.4) is 0 Å². The van der Waals surface area contributed by atoms with Crippen molar-refractivity contribution in [3.63, 3.8) is 0 Å². The van der Waals surface area contributed by atoms with E-state index in [0.29, 0.717) is 0 Å². The number of methoxy groups -OCH3 is 1. The van der Waals surface area contributed by atoms with Gasteiger partial charge in [0.2, 0.25) is 10.0 Å². The van der Waals surface area contributed by atoms with Crippen LogP contribution in [-0.2, 0) is 19.6 Å². The third kappa shape index (κ3) is 4.09. The van der Waals surface area contributed by atoms with Gasteiger partial charge in [0.15, 0.2) is 0 Å². The number of hydrogen-bond donors (Lipinski definition) is 1. The van der Waals surface area contributed by atoms with E-state index in [2.05, 4.69) is 9.46 Å². The molecule has 20 heavy (non-hydrogen) atoms. The molecule has 0 spiro atoms. The molecule has 1 aromatic carbocycles. The molecule has 5 nitrogen and oxygen atoms in total. The Kier molecular flexibility index (Phi) is 5.82. The average Bonchev–Trinajstić information content (AvgIpc) is 2.38. The summed E-state index contributed by atoms with van der Waals surface area (Å²) >= 11 is 11.5. The highest BCUT2D eigenvalue weighted by atomic mass is 35.5. The third-order valence-corrected chi connectivity index (χ3v) is 4.78. The quantitative estimate of drug-likeness (QED) is 0.836. The van der Waals surface area contributed by atoms with Gasteiger partial charge in [-0.2, -0.15) is 4.72 Å². The maximum atomic E-state index is 12.2. The molecule has 1 unspecified atom stereocenters. The van der Waals surface area contributed by atoms with E-state index in [1.54, 1.807) is 13.8 Å². The second kappa shape index (κ2) is 6.76. The lowest BCUT2D eigenvalue weighted by Crippen LogP contribution is -2.44. The standard InChI is InChI=1S/C12H15Cl2NO4S/c1-7(2)11(12(16)19-3)15-20(17,18)8-4-5-9(13)10(14)6-8/h4-7,11,15H,1-3H3. The molecule has 0 aromatic heterocycles. The largest absolute Gasteiger partial charge is 0.468 e. The normalized spacial score (nSPS) is 13.3. The van der Waals surface area contributed by atoms with Crippen molar-refractivity contribution in [3.05, 3.63) is 28.2 Å². The molecule has 112 valence electrons. The fraction of sp³-hybridized carbons (Fsp3) is 0.417. The van der Waals surface area contributed by atoms with Crippen LogP contribution in [0.4, 0.5) is 0 Å². The van der Waals surface area contributed by atoms with Crippen LogP contribution >= 0.6 is 23.2 Å². The van der Waals surface area contributed by atoms with Gasteiger partial charge < -0.3 is 4.74 Å². The van der Waals surface area contributed by atoms with Crippen LogP contribution in [0.2, 0.25) is 10.0 Å². The summed E-state index contributed by atoms with van der Waals surface area (Å²) in [6.07, 6.45) is 0. The first-order valence-corrected chi connectivity index (χ1v) is 7.98. The Labute approximate surface area is 128 Å². The van der Waals surface area contributed by atoms with Crippen molar-refractivity contribution in [2.45, 2.75) is 24.8 Å². The zero-order valence-corrected chi connectivity index (χ0v) is 13.5.